The van der Waals surface area contributed by atoms with Gasteiger partial charge in [-0.25, -0.2) is 4.79 Å². The number of carbonyl (C=O) groups is 1. The van der Waals surface area contributed by atoms with E-state index in [9.17, 15) is 4.79 Å². The minimum atomic E-state index is -0.477. The first-order valence-corrected chi connectivity index (χ1v) is 9.10. The predicted molar refractivity (Wildman–Crippen MR) is 103 cm³/mol. The van der Waals surface area contributed by atoms with E-state index in [0.29, 0.717) is 5.56 Å². The van der Waals surface area contributed by atoms with E-state index in [1.165, 1.54) is 33.9 Å². The van der Waals surface area contributed by atoms with Crippen LogP contribution in [0.2, 0.25) is 0 Å². The highest BCUT2D eigenvalue weighted by atomic mass is 16.6. The van der Waals surface area contributed by atoms with Gasteiger partial charge in [-0.3, -0.25) is 0 Å². The summed E-state index contributed by atoms with van der Waals surface area (Å²) in [5.41, 5.74) is 5.85. The number of carbonyl (C=O) groups excluding carboxylic acids is 1. The molecule has 2 aromatic carbocycles. The van der Waals surface area contributed by atoms with E-state index in [0.717, 1.165) is 19.3 Å². The highest BCUT2D eigenvalue weighted by Gasteiger charge is 2.22. The van der Waals surface area contributed by atoms with Gasteiger partial charge in [0.1, 0.15) is 5.60 Å². The SMILES string of the molecule is CC(C)(C)OC(=O)c1ccc2ccc3c(c2c1)CCC1=C3C=CCC1. The maximum Gasteiger partial charge on any atom is 0.338 e. The molecule has 0 heterocycles. The fourth-order valence-corrected chi connectivity index (χ4v) is 3.89. The molecule has 0 aromatic heterocycles. The number of fused-ring (bicyclic) bond motifs is 4. The van der Waals surface area contributed by atoms with Crippen molar-refractivity contribution in [3.63, 3.8) is 0 Å². The van der Waals surface area contributed by atoms with Gasteiger partial charge in [-0.15, -0.1) is 0 Å². The smallest absolute Gasteiger partial charge is 0.338 e. The van der Waals surface area contributed by atoms with Gasteiger partial charge in [0.2, 0.25) is 0 Å². The van der Waals surface area contributed by atoms with E-state index in [2.05, 4.69) is 24.3 Å². The molecule has 0 saturated carbocycles. The van der Waals surface area contributed by atoms with Crippen LogP contribution in [0.3, 0.4) is 0 Å². The highest BCUT2D eigenvalue weighted by molar-refractivity contribution is 5.99. The van der Waals surface area contributed by atoms with Gasteiger partial charge < -0.3 is 4.74 Å². The lowest BCUT2D eigenvalue weighted by Crippen LogP contribution is -2.23. The molecule has 0 saturated heterocycles. The van der Waals surface area contributed by atoms with Gasteiger partial charge >= 0.3 is 5.97 Å². The molecule has 0 amide bonds. The molecule has 2 nitrogen and oxygen atoms in total. The van der Waals surface area contributed by atoms with Crippen LogP contribution in [0.25, 0.3) is 16.3 Å². The molecule has 25 heavy (non-hydrogen) atoms. The molecule has 0 spiro atoms. The Morgan fingerprint density at radius 3 is 2.64 bits per heavy atom. The zero-order chi connectivity index (χ0) is 17.6. The van der Waals surface area contributed by atoms with Crippen molar-refractivity contribution in [2.45, 2.75) is 52.1 Å². The molecular weight excluding hydrogens is 308 g/mol. The maximum absolute atomic E-state index is 12.5. The van der Waals surface area contributed by atoms with Gasteiger partial charge in [-0.1, -0.05) is 35.9 Å². The van der Waals surface area contributed by atoms with Crippen molar-refractivity contribution in [1.82, 2.24) is 0 Å². The molecule has 2 aliphatic carbocycles. The van der Waals surface area contributed by atoms with Crippen molar-refractivity contribution in [1.29, 1.82) is 0 Å². The van der Waals surface area contributed by atoms with Gasteiger partial charge in [0.15, 0.2) is 0 Å². The molecule has 128 valence electrons. The summed E-state index contributed by atoms with van der Waals surface area (Å²) in [4.78, 5) is 12.5. The van der Waals surface area contributed by atoms with Crippen molar-refractivity contribution in [2.75, 3.05) is 0 Å². The van der Waals surface area contributed by atoms with Crippen LogP contribution in [0, 0.1) is 0 Å². The van der Waals surface area contributed by atoms with Crippen LogP contribution in [-0.2, 0) is 11.2 Å². The Morgan fingerprint density at radius 2 is 1.84 bits per heavy atom. The van der Waals surface area contributed by atoms with Crippen LogP contribution >= 0.6 is 0 Å². The number of hydrogen-bond donors (Lipinski definition) is 0. The first-order valence-electron chi connectivity index (χ1n) is 9.10. The van der Waals surface area contributed by atoms with E-state index < -0.39 is 5.60 Å². The Bertz CT molecular complexity index is 923. The lowest BCUT2D eigenvalue weighted by Gasteiger charge is -2.25. The summed E-state index contributed by atoms with van der Waals surface area (Å²) in [6.45, 7) is 5.70. The summed E-state index contributed by atoms with van der Waals surface area (Å²) in [5.74, 6) is -0.250. The van der Waals surface area contributed by atoms with Crippen LogP contribution in [0.5, 0.6) is 0 Å². The fourth-order valence-electron chi connectivity index (χ4n) is 3.89. The molecule has 0 atom stereocenters. The zero-order valence-electron chi connectivity index (χ0n) is 15.2. The number of allylic oxidation sites excluding steroid dienone is 4. The molecule has 0 fully saturated rings. The summed E-state index contributed by atoms with van der Waals surface area (Å²) >= 11 is 0. The van der Waals surface area contributed by atoms with Gasteiger partial charge in [-0.2, -0.15) is 0 Å². The van der Waals surface area contributed by atoms with Crippen LogP contribution in [0.15, 0.2) is 48.1 Å². The third kappa shape index (κ3) is 3.02. The first kappa shape index (κ1) is 16.1. The number of hydrogen-bond acceptors (Lipinski definition) is 2. The number of esters is 1. The Morgan fingerprint density at radius 1 is 1.04 bits per heavy atom. The van der Waals surface area contributed by atoms with Crippen molar-refractivity contribution >= 4 is 22.3 Å². The average molecular weight is 332 g/mol. The molecule has 2 heteroatoms. The average Bonchev–Trinajstić information content (AvgIpc) is 2.59. The monoisotopic (exact) mass is 332 g/mol. The van der Waals surface area contributed by atoms with Gasteiger partial charge in [0, 0.05) is 0 Å². The number of ether oxygens (including phenoxy) is 1. The molecule has 4 rings (SSSR count). The van der Waals surface area contributed by atoms with Crippen molar-refractivity contribution in [3.05, 3.63) is 64.7 Å². The molecule has 0 bridgehead atoms. The van der Waals surface area contributed by atoms with Crippen molar-refractivity contribution in [2.24, 2.45) is 0 Å². The standard InChI is InChI=1S/C23H24O2/c1-23(2,3)25-22(24)17-9-8-16-11-12-19-18-7-5-4-6-15(18)10-13-20(19)21(16)14-17/h5,7-9,11-12,14H,4,6,10,13H2,1-3H3. The molecule has 0 radical (unpaired) electrons. The summed E-state index contributed by atoms with van der Waals surface area (Å²) < 4.78 is 5.54. The number of benzene rings is 2. The van der Waals surface area contributed by atoms with E-state index in [-0.39, 0.29) is 5.97 Å². The molecule has 0 unspecified atom stereocenters. The third-order valence-electron chi connectivity index (χ3n) is 5.01. The van der Waals surface area contributed by atoms with Crippen LogP contribution in [-0.4, -0.2) is 11.6 Å². The van der Waals surface area contributed by atoms with E-state index >= 15 is 0 Å². The van der Waals surface area contributed by atoms with Crippen molar-refractivity contribution < 1.29 is 9.53 Å². The maximum atomic E-state index is 12.5. The zero-order valence-corrected chi connectivity index (χ0v) is 15.2. The van der Waals surface area contributed by atoms with E-state index in [1.54, 1.807) is 5.57 Å². The van der Waals surface area contributed by atoms with Crippen LogP contribution in [0.4, 0.5) is 0 Å². The summed E-state index contributed by atoms with van der Waals surface area (Å²) in [5, 5.41) is 2.38. The third-order valence-corrected chi connectivity index (χ3v) is 5.01. The Labute approximate surface area is 149 Å². The topological polar surface area (TPSA) is 26.3 Å². The van der Waals surface area contributed by atoms with Gasteiger partial charge in [0.25, 0.3) is 0 Å². The summed E-state index contributed by atoms with van der Waals surface area (Å²) in [6, 6.07) is 10.3. The van der Waals surface area contributed by atoms with Crippen LogP contribution < -0.4 is 0 Å². The second kappa shape index (κ2) is 5.87. The van der Waals surface area contributed by atoms with E-state index in [1.807, 2.05) is 39.0 Å². The minimum Gasteiger partial charge on any atom is -0.456 e. The molecule has 2 aromatic rings. The predicted octanol–water partition coefficient (Wildman–Crippen LogP) is 5.84. The Hall–Kier alpha value is -2.35. The molecule has 2 aliphatic rings. The van der Waals surface area contributed by atoms with Crippen LogP contribution in [0.1, 0.15) is 61.5 Å². The number of aryl methyl sites for hydroxylation is 1. The lowest BCUT2D eigenvalue weighted by molar-refractivity contribution is 0.00697. The largest absolute Gasteiger partial charge is 0.456 e. The second-order valence-electron chi connectivity index (χ2n) is 7.99. The molecule has 0 N–H and O–H groups in total. The quantitative estimate of drug-likeness (QED) is 0.613. The normalized spacial score (nSPS) is 16.6. The fraction of sp³-hybridized carbons (Fsp3) is 0.348. The lowest BCUT2D eigenvalue weighted by atomic mass is 9.79. The molecular formula is C23H24O2. The van der Waals surface area contributed by atoms with Gasteiger partial charge in [0.05, 0.1) is 5.56 Å². The Kier molecular flexibility index (Phi) is 3.79. The minimum absolute atomic E-state index is 0.250. The van der Waals surface area contributed by atoms with Gasteiger partial charge in [-0.05, 0) is 86.1 Å². The number of rotatable bonds is 1. The highest BCUT2D eigenvalue weighted by Crippen LogP contribution is 2.40. The molecule has 0 aliphatic heterocycles. The van der Waals surface area contributed by atoms with E-state index in [4.69, 9.17) is 4.74 Å². The summed E-state index contributed by atoms with van der Waals surface area (Å²) in [7, 11) is 0. The van der Waals surface area contributed by atoms with Crippen molar-refractivity contribution in [3.8, 4) is 0 Å². The first-order chi connectivity index (χ1) is 11.9. The second-order valence-corrected chi connectivity index (χ2v) is 7.99. The summed E-state index contributed by atoms with van der Waals surface area (Å²) in [6.07, 6.45) is 9.07. The Balaban J connectivity index is 1.82.